The summed E-state index contributed by atoms with van der Waals surface area (Å²) >= 11 is 0. The van der Waals surface area contributed by atoms with Crippen molar-refractivity contribution in [2.45, 2.75) is 233 Å². The van der Waals surface area contributed by atoms with Crippen LogP contribution in [-0.4, -0.2) is 26.4 Å². The maximum absolute atomic E-state index is 10.1. The van der Waals surface area contributed by atoms with Gasteiger partial charge in [0.05, 0.1) is 37.6 Å². The van der Waals surface area contributed by atoms with E-state index in [0.29, 0.717) is 37.6 Å². The van der Waals surface area contributed by atoms with E-state index in [1.165, 1.54) is 154 Å². The van der Waals surface area contributed by atoms with Gasteiger partial charge in [0.1, 0.15) is 12.1 Å². The molecule has 0 aliphatic rings. The molecule has 0 bridgehead atoms. The second-order valence-electron chi connectivity index (χ2n) is 20.3. The highest BCUT2D eigenvalue weighted by Crippen LogP contribution is 2.46. The van der Waals surface area contributed by atoms with E-state index in [1.807, 2.05) is 12.1 Å². The summed E-state index contributed by atoms with van der Waals surface area (Å²) in [6, 6.07) is 21.5. The first-order valence-electron chi connectivity index (χ1n) is 28.9. The van der Waals surface area contributed by atoms with Crippen molar-refractivity contribution in [2.75, 3.05) is 26.4 Å². The van der Waals surface area contributed by atoms with Crippen molar-refractivity contribution in [3.8, 4) is 35.1 Å². The first kappa shape index (κ1) is 56.2. The Bertz CT molecular complexity index is 2190. The number of hydrogen-bond acceptors (Lipinski definition) is 6. The summed E-state index contributed by atoms with van der Waals surface area (Å²) in [6.07, 6.45) is 39.8. The predicted octanol–water partition coefficient (Wildman–Crippen LogP) is 20.1. The molecule has 0 aliphatic carbocycles. The first-order chi connectivity index (χ1) is 34.6. The van der Waals surface area contributed by atoms with Gasteiger partial charge in [-0.05, 0) is 117 Å². The van der Waals surface area contributed by atoms with Crippen molar-refractivity contribution in [2.24, 2.45) is 0 Å². The molecule has 0 atom stereocenters. The Morgan fingerprint density at radius 2 is 0.471 bits per heavy atom. The Kier molecular flexibility index (Phi) is 27.2. The number of ether oxygens (including phenoxy) is 4. The Morgan fingerprint density at radius 3 is 0.686 bits per heavy atom. The lowest BCUT2D eigenvalue weighted by Crippen LogP contribution is -2.04. The molecule has 5 aromatic carbocycles. The number of rotatable bonds is 40. The second-order valence-corrected chi connectivity index (χ2v) is 20.3. The molecule has 0 unspecified atom stereocenters. The van der Waals surface area contributed by atoms with E-state index in [0.717, 1.165) is 117 Å². The summed E-state index contributed by atoms with van der Waals surface area (Å²) in [5.41, 5.74) is 0.779. The summed E-state index contributed by atoms with van der Waals surface area (Å²) in [5.74, 6) is 3.14. The van der Waals surface area contributed by atoms with E-state index in [9.17, 15) is 10.5 Å². The average molecular weight is 953 g/mol. The number of hydrogen-bond donors (Lipinski definition) is 0. The molecule has 0 aromatic heterocycles. The lowest BCUT2D eigenvalue weighted by atomic mass is 9.90. The van der Waals surface area contributed by atoms with E-state index in [4.69, 9.17) is 18.9 Å². The molecule has 0 aliphatic heterocycles. The van der Waals surface area contributed by atoms with Crippen LogP contribution in [0.25, 0.3) is 43.1 Å². The zero-order valence-corrected chi connectivity index (χ0v) is 44.6. The molecular formula is C64H92N2O4. The van der Waals surface area contributed by atoms with Crippen LogP contribution in [0.4, 0.5) is 0 Å². The molecule has 0 spiro atoms. The van der Waals surface area contributed by atoms with Gasteiger partial charge in [-0.15, -0.1) is 0 Å². The average Bonchev–Trinajstić information content (AvgIpc) is 3.38. The third-order valence-corrected chi connectivity index (χ3v) is 14.4. The van der Waals surface area contributed by atoms with E-state index < -0.39 is 0 Å². The highest BCUT2D eigenvalue weighted by atomic mass is 16.5. The molecule has 0 N–H and O–H groups in total. The molecule has 0 radical (unpaired) electrons. The van der Waals surface area contributed by atoms with Crippen LogP contribution in [0.2, 0.25) is 0 Å². The van der Waals surface area contributed by atoms with Crippen LogP contribution in [0.5, 0.6) is 23.0 Å². The SMILES string of the molecule is CCCCCCCCCCOc1cc2c3cc(OCCCCCCCCCC)c(OCCCCCCCCCC)cc3c3cc4cc(C#N)c(C#N)cc4cc3c2cc1OCCCCCCCCCC. The molecular weight excluding hydrogens is 861 g/mol. The van der Waals surface area contributed by atoms with E-state index in [2.05, 4.69) is 76.2 Å². The maximum Gasteiger partial charge on any atom is 0.161 e. The van der Waals surface area contributed by atoms with Gasteiger partial charge >= 0.3 is 0 Å². The molecule has 0 fully saturated rings. The minimum absolute atomic E-state index is 0.389. The van der Waals surface area contributed by atoms with Crippen molar-refractivity contribution in [1.82, 2.24) is 0 Å². The van der Waals surface area contributed by atoms with Crippen LogP contribution >= 0.6 is 0 Å². The molecule has 0 heterocycles. The summed E-state index contributed by atoms with van der Waals surface area (Å²) in [6.45, 7) is 11.7. The van der Waals surface area contributed by atoms with Gasteiger partial charge in [0.25, 0.3) is 0 Å². The minimum atomic E-state index is 0.389. The van der Waals surface area contributed by atoms with Gasteiger partial charge in [-0.25, -0.2) is 0 Å². The van der Waals surface area contributed by atoms with Crippen LogP contribution in [0.15, 0.2) is 48.5 Å². The number of unbranched alkanes of at least 4 members (excludes halogenated alkanes) is 28. The van der Waals surface area contributed by atoms with Crippen molar-refractivity contribution >= 4 is 43.1 Å². The van der Waals surface area contributed by atoms with Gasteiger partial charge in [0.2, 0.25) is 0 Å². The molecule has 6 heteroatoms. The highest BCUT2D eigenvalue weighted by molar-refractivity contribution is 6.28. The van der Waals surface area contributed by atoms with Crippen molar-refractivity contribution in [1.29, 1.82) is 10.5 Å². The van der Waals surface area contributed by atoms with Crippen molar-refractivity contribution in [3.05, 3.63) is 59.7 Å². The fourth-order valence-electron chi connectivity index (χ4n) is 10.1. The van der Waals surface area contributed by atoms with Gasteiger partial charge in [-0.1, -0.05) is 207 Å². The fourth-order valence-corrected chi connectivity index (χ4v) is 10.1. The number of benzene rings is 5. The monoisotopic (exact) mass is 953 g/mol. The normalized spacial score (nSPS) is 11.5. The Hall–Kier alpha value is -4.68. The topological polar surface area (TPSA) is 84.5 Å². The highest BCUT2D eigenvalue weighted by Gasteiger charge is 2.19. The maximum atomic E-state index is 10.1. The van der Waals surface area contributed by atoms with Crippen LogP contribution < -0.4 is 18.9 Å². The Labute approximate surface area is 425 Å². The lowest BCUT2D eigenvalue weighted by molar-refractivity contribution is 0.258. The zero-order valence-electron chi connectivity index (χ0n) is 44.6. The predicted molar refractivity (Wildman–Crippen MR) is 298 cm³/mol. The quantitative estimate of drug-likeness (QED) is 0.0221. The standard InChI is InChI=1S/C64H92N2O4/c1-5-9-13-17-21-25-29-33-37-67-61-45-57-55-43-51-41-53(49-65)54(50-66)42-52(51)44-56(55)58-46-62(68-38-34-30-26-22-18-14-10-6-2)64(70-40-36-32-28-24-20-16-12-8-4)48-60(58)59(57)47-63(61)69-39-35-31-27-23-19-15-11-7-3/h41-48H,5-40H2,1-4H3. The molecule has 5 rings (SSSR count). The second kappa shape index (κ2) is 33.8. The lowest BCUT2D eigenvalue weighted by Gasteiger charge is -2.20. The molecule has 382 valence electrons. The molecule has 0 saturated carbocycles. The number of fused-ring (bicyclic) bond motifs is 7. The van der Waals surface area contributed by atoms with Crippen LogP contribution in [0, 0.1) is 22.7 Å². The summed E-state index contributed by atoms with van der Waals surface area (Å²) in [4.78, 5) is 0. The Balaban J connectivity index is 1.54. The van der Waals surface area contributed by atoms with Crippen LogP contribution in [0.3, 0.4) is 0 Å². The molecule has 6 nitrogen and oxygen atoms in total. The number of nitriles is 2. The third kappa shape index (κ3) is 18.5. The number of nitrogens with zero attached hydrogens (tertiary/aromatic N) is 2. The van der Waals surface area contributed by atoms with Crippen LogP contribution in [0.1, 0.15) is 244 Å². The van der Waals surface area contributed by atoms with Crippen molar-refractivity contribution in [3.63, 3.8) is 0 Å². The van der Waals surface area contributed by atoms with Crippen molar-refractivity contribution < 1.29 is 18.9 Å². The Morgan fingerprint density at radius 1 is 0.271 bits per heavy atom. The fraction of sp³-hybridized carbons (Fsp3) is 0.625. The molecule has 0 saturated heterocycles. The van der Waals surface area contributed by atoms with E-state index >= 15 is 0 Å². The van der Waals surface area contributed by atoms with Gasteiger partial charge in [-0.2, -0.15) is 10.5 Å². The molecule has 5 aromatic rings. The van der Waals surface area contributed by atoms with Crippen LogP contribution in [-0.2, 0) is 0 Å². The van der Waals surface area contributed by atoms with Gasteiger partial charge < -0.3 is 18.9 Å². The smallest absolute Gasteiger partial charge is 0.161 e. The first-order valence-corrected chi connectivity index (χ1v) is 28.9. The summed E-state index contributed by atoms with van der Waals surface area (Å²) in [7, 11) is 0. The minimum Gasteiger partial charge on any atom is -0.490 e. The summed E-state index contributed by atoms with van der Waals surface area (Å²) in [5, 5.41) is 28.4. The molecule has 0 amide bonds. The largest absolute Gasteiger partial charge is 0.490 e. The third-order valence-electron chi connectivity index (χ3n) is 14.4. The molecule has 70 heavy (non-hydrogen) atoms. The van der Waals surface area contributed by atoms with E-state index in [-0.39, 0.29) is 0 Å². The van der Waals surface area contributed by atoms with Gasteiger partial charge in [0.15, 0.2) is 23.0 Å². The summed E-state index contributed by atoms with van der Waals surface area (Å²) < 4.78 is 27.0. The van der Waals surface area contributed by atoms with Gasteiger partial charge in [-0.3, -0.25) is 0 Å². The van der Waals surface area contributed by atoms with Gasteiger partial charge in [0, 0.05) is 0 Å². The zero-order chi connectivity index (χ0) is 49.4. The van der Waals surface area contributed by atoms with E-state index in [1.54, 1.807) is 0 Å².